The Balaban J connectivity index is 1.96. The quantitative estimate of drug-likeness (QED) is 0.268. The lowest BCUT2D eigenvalue weighted by Crippen LogP contribution is -2.50. The van der Waals surface area contributed by atoms with E-state index < -0.39 is 17.9 Å². The highest BCUT2D eigenvalue weighted by Crippen LogP contribution is 2.08. The van der Waals surface area contributed by atoms with E-state index >= 15 is 0 Å². The van der Waals surface area contributed by atoms with Crippen LogP contribution in [0.4, 0.5) is 0 Å². The lowest BCUT2D eigenvalue weighted by molar-refractivity contribution is -0.130. The number of amides is 2. The number of carbonyl (C=O) groups is 2. The van der Waals surface area contributed by atoms with Gasteiger partial charge in [0.15, 0.2) is 0 Å². The molecule has 0 saturated heterocycles. The molecule has 164 valence electrons. The Labute approximate surface area is 182 Å². The molecule has 0 bridgehead atoms. The van der Waals surface area contributed by atoms with Crippen molar-refractivity contribution in [3.8, 4) is 11.8 Å². The summed E-state index contributed by atoms with van der Waals surface area (Å²) >= 11 is 0. The molecule has 0 aliphatic carbocycles. The number of hydroxylamine groups is 1. The molecule has 0 radical (unpaired) electrons. The second-order valence-electron chi connectivity index (χ2n) is 6.99. The number of likely N-dealkylation sites (N-methyl/N-ethyl adjacent to an activating group) is 1. The second kappa shape index (κ2) is 12.5. The number of nitrogens with two attached hydrogens (primary N) is 1. The molecule has 2 aromatic carbocycles. The fraction of sp³-hybridized carbons (Fsp3) is 0.304. The molecule has 1 atom stereocenters. The maximum absolute atomic E-state index is 12.2. The van der Waals surface area contributed by atoms with Crippen LogP contribution < -0.4 is 16.5 Å². The minimum absolute atomic E-state index is 0.135. The molecule has 0 aliphatic rings. The molecule has 0 unspecified atom stereocenters. The lowest BCUT2D eigenvalue weighted by atomic mass is 10.1. The van der Waals surface area contributed by atoms with Crippen molar-refractivity contribution in [2.75, 3.05) is 33.9 Å². The zero-order chi connectivity index (χ0) is 22.6. The number of methoxy groups -OCH3 is 1. The van der Waals surface area contributed by atoms with Crippen LogP contribution in [0.3, 0.4) is 0 Å². The van der Waals surface area contributed by atoms with Crippen LogP contribution in [0.15, 0.2) is 48.5 Å². The SMILES string of the molecule is COCCN(C)Cc1ccc(C#Cc2ccc(C(=O)N[C@@H](CN)C(=O)NO)cc2)cc1. The molecule has 8 heteroatoms. The van der Waals surface area contributed by atoms with Gasteiger partial charge in [0.1, 0.15) is 6.04 Å². The second-order valence-corrected chi connectivity index (χ2v) is 6.99. The number of rotatable bonds is 9. The van der Waals surface area contributed by atoms with Crippen molar-refractivity contribution < 1.29 is 19.5 Å². The largest absolute Gasteiger partial charge is 0.383 e. The number of nitrogens with zero attached hydrogens (tertiary/aromatic N) is 1. The third kappa shape index (κ3) is 7.85. The number of hydrogen-bond donors (Lipinski definition) is 4. The molecule has 2 aromatic rings. The van der Waals surface area contributed by atoms with Gasteiger partial charge in [-0.05, 0) is 49.0 Å². The molecule has 5 N–H and O–H groups in total. The summed E-state index contributed by atoms with van der Waals surface area (Å²) in [5.74, 6) is 4.94. The number of nitrogens with one attached hydrogen (secondary N) is 2. The van der Waals surface area contributed by atoms with Crippen LogP contribution in [-0.2, 0) is 16.1 Å². The fourth-order valence-electron chi connectivity index (χ4n) is 2.73. The Bertz CT molecular complexity index is 917. The topological polar surface area (TPSA) is 117 Å². The molecular formula is C23H28N4O4. The first-order chi connectivity index (χ1) is 15.0. The molecule has 0 heterocycles. The summed E-state index contributed by atoms with van der Waals surface area (Å²) in [5.41, 5.74) is 10.1. The van der Waals surface area contributed by atoms with Crippen LogP contribution in [0.1, 0.15) is 27.0 Å². The van der Waals surface area contributed by atoms with Gasteiger partial charge >= 0.3 is 0 Å². The highest BCUT2D eigenvalue weighted by Gasteiger charge is 2.19. The van der Waals surface area contributed by atoms with Gasteiger partial charge in [0, 0.05) is 43.4 Å². The standard InChI is InChI=1S/C23H28N4O4/c1-27(13-14-31-2)16-19-7-5-17(6-8-19)3-4-18-9-11-20(12-10-18)22(28)25-21(15-24)23(29)26-30/h5-12,21,30H,13-16,24H2,1-2H3,(H,25,28)(H,26,29)/t21-/m0/s1. The van der Waals surface area contributed by atoms with Crippen LogP contribution in [0.5, 0.6) is 0 Å². The summed E-state index contributed by atoms with van der Waals surface area (Å²) in [6.07, 6.45) is 0. The molecule has 2 amide bonds. The summed E-state index contributed by atoms with van der Waals surface area (Å²) in [6, 6.07) is 13.7. The molecule has 8 nitrogen and oxygen atoms in total. The normalized spacial score (nSPS) is 11.4. The monoisotopic (exact) mass is 424 g/mol. The third-order valence-corrected chi connectivity index (χ3v) is 4.55. The number of benzene rings is 2. The van der Waals surface area contributed by atoms with Gasteiger partial charge in [0.25, 0.3) is 11.8 Å². The van der Waals surface area contributed by atoms with Gasteiger partial charge in [-0.1, -0.05) is 24.0 Å². The van der Waals surface area contributed by atoms with Gasteiger partial charge in [-0.2, -0.15) is 0 Å². The molecule has 0 fully saturated rings. The predicted molar refractivity (Wildman–Crippen MR) is 117 cm³/mol. The summed E-state index contributed by atoms with van der Waals surface area (Å²) in [5, 5.41) is 11.1. The fourth-order valence-corrected chi connectivity index (χ4v) is 2.73. The van der Waals surface area contributed by atoms with E-state index in [1.165, 1.54) is 11.0 Å². The van der Waals surface area contributed by atoms with E-state index in [9.17, 15) is 9.59 Å². The van der Waals surface area contributed by atoms with E-state index in [0.29, 0.717) is 12.2 Å². The van der Waals surface area contributed by atoms with E-state index in [1.807, 2.05) is 19.2 Å². The number of carbonyl (C=O) groups excluding carboxylic acids is 2. The Morgan fingerprint density at radius 1 is 1.10 bits per heavy atom. The molecule has 0 saturated carbocycles. The predicted octanol–water partition coefficient (Wildman–Crippen LogP) is 0.727. The van der Waals surface area contributed by atoms with Crippen LogP contribution >= 0.6 is 0 Å². The molecular weight excluding hydrogens is 396 g/mol. The van der Waals surface area contributed by atoms with Crippen molar-refractivity contribution in [2.24, 2.45) is 5.73 Å². The van der Waals surface area contributed by atoms with Gasteiger partial charge < -0.3 is 15.8 Å². The first kappa shape index (κ1) is 24.1. The van der Waals surface area contributed by atoms with Gasteiger partial charge in [-0.3, -0.25) is 19.7 Å². The molecule has 31 heavy (non-hydrogen) atoms. The van der Waals surface area contributed by atoms with Gasteiger partial charge in [-0.25, -0.2) is 5.48 Å². The Kier molecular flexibility index (Phi) is 9.68. The molecule has 0 spiro atoms. The minimum Gasteiger partial charge on any atom is -0.383 e. The Hall–Kier alpha value is -3.22. The third-order valence-electron chi connectivity index (χ3n) is 4.55. The average Bonchev–Trinajstić information content (AvgIpc) is 2.80. The summed E-state index contributed by atoms with van der Waals surface area (Å²) in [6.45, 7) is 2.27. The van der Waals surface area contributed by atoms with E-state index in [2.05, 4.69) is 34.2 Å². The zero-order valence-electron chi connectivity index (χ0n) is 17.7. The number of ether oxygens (including phenoxy) is 1. The molecule has 0 aromatic heterocycles. The maximum atomic E-state index is 12.2. The van der Waals surface area contributed by atoms with Gasteiger partial charge in [-0.15, -0.1) is 0 Å². The van der Waals surface area contributed by atoms with Crippen LogP contribution in [0, 0.1) is 11.8 Å². The van der Waals surface area contributed by atoms with E-state index in [-0.39, 0.29) is 6.54 Å². The van der Waals surface area contributed by atoms with Crippen LogP contribution in [0.25, 0.3) is 0 Å². The zero-order valence-corrected chi connectivity index (χ0v) is 17.7. The highest BCUT2D eigenvalue weighted by molar-refractivity contribution is 5.97. The Morgan fingerprint density at radius 2 is 1.68 bits per heavy atom. The first-order valence-electron chi connectivity index (χ1n) is 9.80. The van der Waals surface area contributed by atoms with Gasteiger partial charge in [0.2, 0.25) is 0 Å². The Morgan fingerprint density at radius 3 is 2.19 bits per heavy atom. The lowest BCUT2D eigenvalue weighted by Gasteiger charge is -2.15. The first-order valence-corrected chi connectivity index (χ1v) is 9.80. The molecule has 0 aliphatic heterocycles. The van der Waals surface area contributed by atoms with Crippen molar-refractivity contribution >= 4 is 11.8 Å². The van der Waals surface area contributed by atoms with Crippen molar-refractivity contribution in [2.45, 2.75) is 12.6 Å². The maximum Gasteiger partial charge on any atom is 0.267 e. The van der Waals surface area contributed by atoms with E-state index in [1.54, 1.807) is 31.4 Å². The van der Waals surface area contributed by atoms with Gasteiger partial charge in [0.05, 0.1) is 6.61 Å². The van der Waals surface area contributed by atoms with Crippen molar-refractivity contribution in [3.63, 3.8) is 0 Å². The van der Waals surface area contributed by atoms with Crippen molar-refractivity contribution in [1.29, 1.82) is 0 Å². The summed E-state index contributed by atoms with van der Waals surface area (Å²) in [4.78, 5) is 25.8. The van der Waals surface area contributed by atoms with Crippen molar-refractivity contribution in [1.82, 2.24) is 15.7 Å². The van der Waals surface area contributed by atoms with E-state index in [4.69, 9.17) is 15.7 Å². The van der Waals surface area contributed by atoms with E-state index in [0.717, 1.165) is 24.2 Å². The average molecular weight is 425 g/mol. The van der Waals surface area contributed by atoms with Crippen molar-refractivity contribution in [3.05, 3.63) is 70.8 Å². The molecule has 2 rings (SSSR count). The summed E-state index contributed by atoms with van der Waals surface area (Å²) < 4.78 is 5.09. The highest BCUT2D eigenvalue weighted by atomic mass is 16.5. The smallest absolute Gasteiger partial charge is 0.267 e. The van der Waals surface area contributed by atoms with Crippen LogP contribution in [0.2, 0.25) is 0 Å². The van der Waals surface area contributed by atoms with Crippen LogP contribution in [-0.4, -0.2) is 61.8 Å². The number of hydrogen-bond acceptors (Lipinski definition) is 6. The minimum atomic E-state index is -1.01. The summed E-state index contributed by atoms with van der Waals surface area (Å²) in [7, 11) is 3.74.